The molecule has 1 fully saturated rings. The minimum atomic E-state index is -3.55. The van der Waals surface area contributed by atoms with Gasteiger partial charge in [-0.1, -0.05) is 54.6 Å². The lowest BCUT2D eigenvalue weighted by Crippen LogP contribution is -2.59. The van der Waals surface area contributed by atoms with Gasteiger partial charge in [-0.25, -0.2) is 28.0 Å². The lowest BCUT2D eigenvalue weighted by molar-refractivity contribution is -0.196. The van der Waals surface area contributed by atoms with Crippen LogP contribution in [0.5, 0.6) is 0 Å². The highest BCUT2D eigenvalue weighted by atomic mass is 19.3. The molecule has 45 heavy (non-hydrogen) atoms. The fourth-order valence-corrected chi connectivity index (χ4v) is 5.02. The number of aromatic amines is 1. The van der Waals surface area contributed by atoms with Crippen LogP contribution in [-0.2, 0) is 18.9 Å². The van der Waals surface area contributed by atoms with Gasteiger partial charge >= 0.3 is 23.6 Å². The van der Waals surface area contributed by atoms with Crippen LogP contribution in [-0.4, -0.2) is 57.8 Å². The molecular weight excluding hydrogens is 594 g/mol. The van der Waals surface area contributed by atoms with Crippen molar-refractivity contribution in [2.75, 3.05) is 6.61 Å². The van der Waals surface area contributed by atoms with Crippen LogP contribution in [0.25, 0.3) is 0 Å². The van der Waals surface area contributed by atoms with Crippen molar-refractivity contribution in [2.24, 2.45) is 0 Å². The standard InChI is InChI=1S/C32H26F2N2O9/c1-31(44-26(40)22-15-9-4-10-16-22)27(43-25(39)21-13-7-3-8-14-21)32(28(33)34,19-42-24(38)20-11-5-2-6-12-20)45-29(31)36-18-17-23(37)35-30(36)41/h2-18,27-29H,19H2,1H3,(H,35,37,41)/t27-,29+,31+,32+/m0/s1. The normalized spacial score (nSPS) is 22.5. The Bertz CT molecular complexity index is 1800. The monoisotopic (exact) mass is 620 g/mol. The van der Waals surface area contributed by atoms with Crippen LogP contribution in [0, 0.1) is 0 Å². The molecule has 4 aromatic rings. The minimum Gasteiger partial charge on any atom is -0.459 e. The molecule has 1 saturated heterocycles. The molecule has 1 aliphatic rings. The van der Waals surface area contributed by atoms with Gasteiger partial charge in [0.25, 0.3) is 12.0 Å². The molecule has 2 heterocycles. The first-order valence-corrected chi connectivity index (χ1v) is 13.6. The van der Waals surface area contributed by atoms with Gasteiger partial charge in [-0.15, -0.1) is 0 Å². The number of benzene rings is 3. The summed E-state index contributed by atoms with van der Waals surface area (Å²) in [6, 6.07) is 23.3. The SMILES string of the molecule is C[C@]1(OC(=O)c2ccccc2)[C@H](n2ccc(=O)[nH]c2=O)O[C@@](COC(=O)c2ccccc2)(C(F)F)[C@H]1OC(=O)c1ccccc1. The number of halogens is 2. The first-order valence-electron chi connectivity index (χ1n) is 13.6. The van der Waals surface area contributed by atoms with Crippen LogP contribution in [0.2, 0.25) is 0 Å². The van der Waals surface area contributed by atoms with Crippen LogP contribution < -0.4 is 11.2 Å². The van der Waals surface area contributed by atoms with Crippen molar-refractivity contribution in [3.8, 4) is 0 Å². The molecule has 0 amide bonds. The quantitative estimate of drug-likeness (QED) is 0.219. The van der Waals surface area contributed by atoms with E-state index >= 15 is 8.78 Å². The maximum atomic E-state index is 15.4. The van der Waals surface area contributed by atoms with Crippen molar-refractivity contribution in [2.45, 2.75) is 36.9 Å². The molecule has 4 atom stereocenters. The number of hydrogen-bond donors (Lipinski definition) is 1. The Morgan fingerprint density at radius 1 is 0.822 bits per heavy atom. The van der Waals surface area contributed by atoms with Gasteiger partial charge in [0.05, 0.1) is 16.7 Å². The second kappa shape index (κ2) is 12.7. The molecule has 0 spiro atoms. The molecule has 1 N–H and O–H groups in total. The van der Waals surface area contributed by atoms with Gasteiger partial charge in [0, 0.05) is 12.3 Å². The Balaban J connectivity index is 1.66. The topological polar surface area (TPSA) is 143 Å². The van der Waals surface area contributed by atoms with E-state index < -0.39 is 65.7 Å². The summed E-state index contributed by atoms with van der Waals surface area (Å²) in [5, 5.41) is 0. The Kier molecular flexibility index (Phi) is 8.73. The zero-order valence-electron chi connectivity index (χ0n) is 23.6. The Morgan fingerprint density at radius 3 is 1.84 bits per heavy atom. The average Bonchev–Trinajstić information content (AvgIpc) is 3.28. The molecule has 232 valence electrons. The second-order valence-electron chi connectivity index (χ2n) is 10.3. The summed E-state index contributed by atoms with van der Waals surface area (Å²) in [7, 11) is 0. The van der Waals surface area contributed by atoms with Crippen LogP contribution in [0.4, 0.5) is 8.78 Å². The third-order valence-electron chi connectivity index (χ3n) is 7.25. The Morgan fingerprint density at radius 2 is 1.33 bits per heavy atom. The van der Waals surface area contributed by atoms with E-state index in [-0.39, 0.29) is 16.7 Å². The van der Waals surface area contributed by atoms with E-state index in [9.17, 15) is 24.0 Å². The summed E-state index contributed by atoms with van der Waals surface area (Å²) >= 11 is 0. The molecular formula is C32H26F2N2O9. The lowest BCUT2D eigenvalue weighted by Gasteiger charge is -2.37. The summed E-state index contributed by atoms with van der Waals surface area (Å²) in [5.41, 5.74) is -7.28. The number of carbonyl (C=O) groups is 3. The van der Waals surface area contributed by atoms with Crippen molar-refractivity contribution in [1.29, 1.82) is 0 Å². The van der Waals surface area contributed by atoms with Crippen LogP contribution in [0.3, 0.4) is 0 Å². The van der Waals surface area contributed by atoms with Gasteiger partial charge in [0.2, 0.25) is 5.60 Å². The van der Waals surface area contributed by atoms with E-state index in [1.54, 1.807) is 18.2 Å². The summed E-state index contributed by atoms with van der Waals surface area (Å²) in [6.45, 7) is -0.0552. The summed E-state index contributed by atoms with van der Waals surface area (Å²) in [4.78, 5) is 66.5. The maximum Gasteiger partial charge on any atom is 0.338 e. The molecule has 1 aliphatic heterocycles. The van der Waals surface area contributed by atoms with Crippen molar-refractivity contribution >= 4 is 17.9 Å². The number of H-pyrrole nitrogens is 1. The van der Waals surface area contributed by atoms with Crippen molar-refractivity contribution in [1.82, 2.24) is 9.55 Å². The van der Waals surface area contributed by atoms with Crippen LogP contribution in [0.15, 0.2) is 113 Å². The first-order chi connectivity index (χ1) is 21.5. The molecule has 0 saturated carbocycles. The molecule has 13 heteroatoms. The highest BCUT2D eigenvalue weighted by Crippen LogP contribution is 2.51. The smallest absolute Gasteiger partial charge is 0.338 e. The van der Waals surface area contributed by atoms with Crippen molar-refractivity contribution in [3.63, 3.8) is 0 Å². The fourth-order valence-electron chi connectivity index (χ4n) is 5.02. The molecule has 5 rings (SSSR count). The number of aromatic nitrogens is 2. The summed E-state index contributed by atoms with van der Waals surface area (Å²) in [6.07, 6.45) is -6.70. The van der Waals surface area contributed by atoms with Gasteiger partial charge in [0.15, 0.2) is 17.9 Å². The summed E-state index contributed by atoms with van der Waals surface area (Å²) in [5.74, 6) is -3.13. The number of nitrogens with zero attached hydrogens (tertiary/aromatic N) is 1. The maximum absolute atomic E-state index is 15.4. The number of hydrogen-bond acceptors (Lipinski definition) is 9. The van der Waals surface area contributed by atoms with E-state index in [1.807, 2.05) is 4.98 Å². The number of nitrogens with one attached hydrogen (secondary N) is 1. The van der Waals surface area contributed by atoms with Crippen molar-refractivity contribution in [3.05, 3.63) is 141 Å². The third-order valence-corrected chi connectivity index (χ3v) is 7.25. The second-order valence-corrected chi connectivity index (χ2v) is 10.3. The molecule has 3 aromatic carbocycles. The van der Waals surface area contributed by atoms with Gasteiger partial charge in [-0.3, -0.25) is 14.3 Å². The highest BCUT2D eigenvalue weighted by molar-refractivity contribution is 5.91. The van der Waals surface area contributed by atoms with E-state index in [2.05, 4.69) is 0 Å². The fraction of sp³-hybridized carbons (Fsp3) is 0.219. The van der Waals surface area contributed by atoms with E-state index in [1.165, 1.54) is 72.8 Å². The van der Waals surface area contributed by atoms with E-state index in [4.69, 9.17) is 18.9 Å². The Hall–Kier alpha value is -5.43. The number of carbonyl (C=O) groups excluding carboxylic acids is 3. The van der Waals surface area contributed by atoms with Gasteiger partial charge in [0.1, 0.15) is 6.61 Å². The molecule has 0 aliphatic carbocycles. The predicted molar refractivity (Wildman–Crippen MR) is 153 cm³/mol. The number of rotatable bonds is 9. The van der Waals surface area contributed by atoms with Gasteiger partial charge in [-0.05, 0) is 43.3 Å². The molecule has 0 bridgehead atoms. The van der Waals surface area contributed by atoms with Crippen LogP contribution >= 0.6 is 0 Å². The molecule has 1 aromatic heterocycles. The Labute approximate surface area is 253 Å². The zero-order valence-corrected chi connectivity index (χ0v) is 23.6. The van der Waals surface area contributed by atoms with Gasteiger partial charge in [-0.2, -0.15) is 0 Å². The third kappa shape index (κ3) is 6.15. The zero-order chi connectivity index (χ0) is 32.2. The molecule has 11 nitrogen and oxygen atoms in total. The minimum absolute atomic E-state index is 0.00415. The highest BCUT2D eigenvalue weighted by Gasteiger charge is 2.71. The number of esters is 3. The predicted octanol–water partition coefficient (Wildman–Crippen LogP) is 3.77. The van der Waals surface area contributed by atoms with Gasteiger partial charge < -0.3 is 18.9 Å². The number of alkyl halides is 2. The van der Waals surface area contributed by atoms with E-state index in [0.717, 1.165) is 19.2 Å². The average molecular weight is 621 g/mol. The molecule has 0 unspecified atom stereocenters. The van der Waals surface area contributed by atoms with Crippen LogP contribution in [0.1, 0.15) is 44.2 Å². The molecule has 0 radical (unpaired) electrons. The summed E-state index contributed by atoms with van der Waals surface area (Å²) < 4.78 is 54.2. The van der Waals surface area contributed by atoms with Crippen molar-refractivity contribution < 1.29 is 42.1 Å². The first kappa shape index (κ1) is 31.0. The lowest BCUT2D eigenvalue weighted by atomic mass is 9.86. The largest absolute Gasteiger partial charge is 0.459 e. The number of ether oxygens (including phenoxy) is 4. The van der Waals surface area contributed by atoms with E-state index in [0.29, 0.717) is 4.57 Å².